The predicted molar refractivity (Wildman–Crippen MR) is 67.2 cm³/mol. The molecule has 0 heterocycles. The summed E-state index contributed by atoms with van der Waals surface area (Å²) in [6, 6.07) is 1.84. The number of benzene rings is 1. The van der Waals surface area contributed by atoms with E-state index in [0.717, 1.165) is 18.2 Å². The van der Waals surface area contributed by atoms with Crippen molar-refractivity contribution in [2.75, 3.05) is 12.3 Å². The Morgan fingerprint density at radius 2 is 2.11 bits per heavy atom. The maximum Gasteiger partial charge on any atom is 0.323 e. The highest BCUT2D eigenvalue weighted by Crippen LogP contribution is 2.16. The zero-order valence-electron chi connectivity index (χ0n) is 10.5. The van der Waals surface area contributed by atoms with E-state index in [4.69, 9.17) is 5.73 Å². The van der Waals surface area contributed by atoms with Crippen molar-refractivity contribution in [1.29, 1.82) is 0 Å². The van der Waals surface area contributed by atoms with E-state index in [1.54, 1.807) is 6.92 Å². The molecule has 0 fully saturated rings. The van der Waals surface area contributed by atoms with E-state index in [1.165, 1.54) is 6.92 Å². The van der Waals surface area contributed by atoms with Gasteiger partial charge in [-0.2, -0.15) is 4.72 Å². The molecule has 1 unspecified atom stereocenters. The minimum atomic E-state index is -4.04. The lowest BCUT2D eigenvalue weighted by Crippen LogP contribution is -2.39. The van der Waals surface area contributed by atoms with Crippen LogP contribution in [0.2, 0.25) is 0 Å². The number of nitrogens with two attached hydrogens (primary N) is 1. The standard InChI is InChI=1S/C11H15FN2O4S/c1-3-18-11(15)7(2)14-19(16,17)10-5-8(12)4-9(13)6-10/h4-7,14H,3,13H2,1-2H3. The van der Waals surface area contributed by atoms with Gasteiger partial charge in [0.1, 0.15) is 11.9 Å². The number of anilines is 1. The first-order valence-corrected chi connectivity index (χ1v) is 6.99. The summed E-state index contributed by atoms with van der Waals surface area (Å²) in [7, 11) is -4.04. The molecular formula is C11H15FN2O4S. The van der Waals surface area contributed by atoms with E-state index in [0.29, 0.717) is 0 Å². The molecule has 0 saturated heterocycles. The molecule has 0 spiro atoms. The van der Waals surface area contributed by atoms with Gasteiger partial charge in [-0.1, -0.05) is 0 Å². The van der Waals surface area contributed by atoms with Gasteiger partial charge in [0.25, 0.3) is 0 Å². The molecule has 1 atom stereocenters. The van der Waals surface area contributed by atoms with Crippen LogP contribution < -0.4 is 10.5 Å². The molecule has 0 aliphatic heterocycles. The van der Waals surface area contributed by atoms with Crippen LogP contribution in [0.3, 0.4) is 0 Å². The van der Waals surface area contributed by atoms with Gasteiger partial charge in [-0.3, -0.25) is 4.79 Å². The van der Waals surface area contributed by atoms with Crippen molar-refractivity contribution in [3.8, 4) is 0 Å². The van der Waals surface area contributed by atoms with Crippen LogP contribution in [0, 0.1) is 5.82 Å². The smallest absolute Gasteiger partial charge is 0.323 e. The molecule has 3 N–H and O–H groups in total. The third-order valence-corrected chi connectivity index (χ3v) is 3.70. The zero-order valence-corrected chi connectivity index (χ0v) is 11.3. The minimum absolute atomic E-state index is 0.0239. The van der Waals surface area contributed by atoms with Crippen molar-refractivity contribution in [1.82, 2.24) is 4.72 Å². The van der Waals surface area contributed by atoms with Crippen molar-refractivity contribution >= 4 is 21.7 Å². The molecule has 0 bridgehead atoms. The number of halogens is 1. The summed E-state index contributed by atoms with van der Waals surface area (Å²) >= 11 is 0. The van der Waals surface area contributed by atoms with Crippen molar-refractivity contribution in [3.05, 3.63) is 24.0 Å². The van der Waals surface area contributed by atoms with Gasteiger partial charge in [-0.05, 0) is 32.0 Å². The van der Waals surface area contributed by atoms with Gasteiger partial charge in [0, 0.05) is 5.69 Å². The van der Waals surface area contributed by atoms with Crippen LogP contribution >= 0.6 is 0 Å². The van der Waals surface area contributed by atoms with Gasteiger partial charge < -0.3 is 10.5 Å². The number of nitrogens with one attached hydrogen (secondary N) is 1. The van der Waals surface area contributed by atoms with Crippen LogP contribution in [0.5, 0.6) is 0 Å². The van der Waals surface area contributed by atoms with Crippen LogP contribution in [-0.4, -0.2) is 27.0 Å². The average molecular weight is 290 g/mol. The summed E-state index contributed by atoms with van der Waals surface area (Å²) in [5, 5.41) is 0. The van der Waals surface area contributed by atoms with Crippen molar-refractivity contribution in [2.24, 2.45) is 0 Å². The molecule has 1 aromatic carbocycles. The fourth-order valence-electron chi connectivity index (χ4n) is 1.36. The molecule has 0 aromatic heterocycles. The van der Waals surface area contributed by atoms with Gasteiger partial charge in [0.2, 0.25) is 10.0 Å². The molecule has 0 amide bonds. The van der Waals surface area contributed by atoms with Gasteiger partial charge in [-0.25, -0.2) is 12.8 Å². The third-order valence-electron chi connectivity index (χ3n) is 2.18. The van der Waals surface area contributed by atoms with Crippen LogP contribution in [0.1, 0.15) is 13.8 Å². The number of sulfonamides is 1. The molecule has 1 rings (SSSR count). The molecule has 6 nitrogen and oxygen atoms in total. The first kappa shape index (κ1) is 15.4. The molecule has 0 radical (unpaired) electrons. The van der Waals surface area contributed by atoms with E-state index in [2.05, 4.69) is 9.46 Å². The monoisotopic (exact) mass is 290 g/mol. The van der Waals surface area contributed by atoms with Crippen molar-refractivity contribution < 1.29 is 22.3 Å². The van der Waals surface area contributed by atoms with E-state index in [9.17, 15) is 17.6 Å². The zero-order chi connectivity index (χ0) is 14.6. The molecule has 1 aromatic rings. The molecule has 0 saturated carbocycles. The quantitative estimate of drug-likeness (QED) is 0.612. The lowest BCUT2D eigenvalue weighted by atomic mass is 10.3. The Balaban J connectivity index is 2.95. The highest BCUT2D eigenvalue weighted by atomic mass is 32.2. The first-order chi connectivity index (χ1) is 8.76. The second kappa shape index (κ2) is 5.98. The summed E-state index contributed by atoms with van der Waals surface area (Å²) in [5.41, 5.74) is 5.35. The maximum absolute atomic E-state index is 13.1. The number of carbonyl (C=O) groups excluding carboxylic acids is 1. The van der Waals surface area contributed by atoms with Crippen LogP contribution in [0.4, 0.5) is 10.1 Å². The summed E-state index contributed by atoms with van der Waals surface area (Å²) in [6.07, 6.45) is 0. The largest absolute Gasteiger partial charge is 0.465 e. The number of rotatable bonds is 5. The van der Waals surface area contributed by atoms with E-state index >= 15 is 0 Å². The number of hydrogen-bond donors (Lipinski definition) is 2. The van der Waals surface area contributed by atoms with E-state index < -0.39 is 27.9 Å². The Labute approximate surface area is 110 Å². The number of esters is 1. The molecule has 0 aliphatic rings. The molecule has 106 valence electrons. The summed E-state index contributed by atoms with van der Waals surface area (Å²) in [6.45, 7) is 3.07. The molecule has 19 heavy (non-hydrogen) atoms. The lowest BCUT2D eigenvalue weighted by Gasteiger charge is -2.13. The Morgan fingerprint density at radius 1 is 1.47 bits per heavy atom. The highest BCUT2D eigenvalue weighted by Gasteiger charge is 2.23. The van der Waals surface area contributed by atoms with Gasteiger partial charge in [-0.15, -0.1) is 0 Å². The number of carbonyl (C=O) groups is 1. The number of hydrogen-bond acceptors (Lipinski definition) is 5. The SMILES string of the molecule is CCOC(=O)C(C)NS(=O)(=O)c1cc(N)cc(F)c1. The van der Waals surface area contributed by atoms with E-state index in [-0.39, 0.29) is 17.2 Å². The van der Waals surface area contributed by atoms with Crippen LogP contribution in [-0.2, 0) is 19.6 Å². The Kier molecular flexibility index (Phi) is 4.84. The summed E-state index contributed by atoms with van der Waals surface area (Å²) in [5.74, 6) is -1.49. The third kappa shape index (κ3) is 4.18. The first-order valence-electron chi connectivity index (χ1n) is 5.51. The van der Waals surface area contributed by atoms with Crippen molar-refractivity contribution in [3.63, 3.8) is 0 Å². The molecule has 0 aliphatic carbocycles. The van der Waals surface area contributed by atoms with Crippen LogP contribution in [0.25, 0.3) is 0 Å². The Hall–Kier alpha value is -1.67. The lowest BCUT2D eigenvalue weighted by molar-refractivity contribution is -0.144. The second-order valence-corrected chi connectivity index (χ2v) is 5.53. The number of nitrogen functional groups attached to an aromatic ring is 1. The van der Waals surface area contributed by atoms with Gasteiger partial charge >= 0.3 is 5.97 Å². The van der Waals surface area contributed by atoms with Gasteiger partial charge in [0.05, 0.1) is 11.5 Å². The predicted octanol–water partition coefficient (Wildman–Crippen LogP) is 0.638. The van der Waals surface area contributed by atoms with Gasteiger partial charge in [0.15, 0.2) is 0 Å². The summed E-state index contributed by atoms with van der Waals surface area (Å²) < 4.78 is 43.7. The van der Waals surface area contributed by atoms with Crippen LogP contribution in [0.15, 0.2) is 23.1 Å². The Bertz CT molecular complexity index is 554. The topological polar surface area (TPSA) is 98.5 Å². The fraction of sp³-hybridized carbons (Fsp3) is 0.364. The normalized spacial score (nSPS) is 13.0. The molecular weight excluding hydrogens is 275 g/mol. The Morgan fingerprint density at radius 3 is 2.63 bits per heavy atom. The summed E-state index contributed by atoms with van der Waals surface area (Å²) in [4.78, 5) is 11.0. The highest BCUT2D eigenvalue weighted by molar-refractivity contribution is 7.89. The van der Waals surface area contributed by atoms with E-state index in [1.807, 2.05) is 0 Å². The molecule has 8 heteroatoms. The maximum atomic E-state index is 13.1. The minimum Gasteiger partial charge on any atom is -0.465 e. The number of ether oxygens (including phenoxy) is 1. The fourth-order valence-corrected chi connectivity index (χ4v) is 2.61. The second-order valence-electron chi connectivity index (χ2n) is 3.82. The van der Waals surface area contributed by atoms with Crippen molar-refractivity contribution in [2.45, 2.75) is 24.8 Å². The average Bonchev–Trinajstić information content (AvgIpc) is 2.27.